The number of hydrogen-bond acceptors (Lipinski definition) is 2. The van der Waals surface area contributed by atoms with Crippen LogP contribution in [0.25, 0.3) is 10.9 Å². The number of guanidine groups is 1. The van der Waals surface area contributed by atoms with Gasteiger partial charge in [-0.15, -0.1) is 0 Å². The molecule has 0 radical (unpaired) electrons. The van der Waals surface area contributed by atoms with Crippen molar-refractivity contribution >= 4 is 16.9 Å². The van der Waals surface area contributed by atoms with Gasteiger partial charge in [-0.05, 0) is 11.6 Å². The highest BCUT2D eigenvalue weighted by Crippen LogP contribution is 2.15. The quantitative estimate of drug-likeness (QED) is 0.605. The van der Waals surface area contributed by atoms with Crippen molar-refractivity contribution in [3.63, 3.8) is 0 Å². The second-order valence-corrected chi connectivity index (χ2v) is 3.67. The molecular formula is C13H16N4. The van der Waals surface area contributed by atoms with Crippen LogP contribution in [0.1, 0.15) is 5.56 Å². The van der Waals surface area contributed by atoms with Gasteiger partial charge in [0.05, 0.1) is 5.52 Å². The van der Waals surface area contributed by atoms with Crippen LogP contribution in [-0.2, 0) is 6.54 Å². The third kappa shape index (κ3) is 2.53. The van der Waals surface area contributed by atoms with E-state index in [1.807, 2.05) is 25.4 Å². The van der Waals surface area contributed by atoms with Crippen molar-refractivity contribution in [3.8, 4) is 0 Å². The maximum absolute atomic E-state index is 4.41. The summed E-state index contributed by atoms with van der Waals surface area (Å²) in [5, 5.41) is 7.37. The molecule has 2 aromatic rings. The Labute approximate surface area is 101 Å². The maximum Gasteiger partial charge on any atom is 0.190 e. The van der Waals surface area contributed by atoms with Gasteiger partial charge in [-0.1, -0.05) is 24.3 Å². The van der Waals surface area contributed by atoms with E-state index in [9.17, 15) is 0 Å². The van der Waals surface area contributed by atoms with E-state index in [1.54, 1.807) is 7.05 Å². The Morgan fingerprint density at radius 3 is 2.88 bits per heavy atom. The van der Waals surface area contributed by atoms with Crippen LogP contribution in [0.3, 0.4) is 0 Å². The van der Waals surface area contributed by atoms with E-state index in [0.29, 0.717) is 6.54 Å². The summed E-state index contributed by atoms with van der Waals surface area (Å²) >= 11 is 0. The molecule has 0 saturated heterocycles. The molecule has 0 fully saturated rings. The van der Waals surface area contributed by atoms with Crippen LogP contribution in [-0.4, -0.2) is 25.0 Å². The van der Waals surface area contributed by atoms with Gasteiger partial charge in [0.15, 0.2) is 5.96 Å². The Morgan fingerprint density at radius 2 is 2.12 bits per heavy atom. The first-order valence-corrected chi connectivity index (χ1v) is 5.56. The molecule has 0 saturated carbocycles. The molecule has 2 N–H and O–H groups in total. The lowest BCUT2D eigenvalue weighted by molar-refractivity contribution is 0.870. The van der Waals surface area contributed by atoms with Gasteiger partial charge in [-0.3, -0.25) is 9.98 Å². The Hall–Kier alpha value is -2.10. The van der Waals surface area contributed by atoms with Crippen molar-refractivity contribution in [2.24, 2.45) is 4.99 Å². The van der Waals surface area contributed by atoms with Crippen LogP contribution < -0.4 is 10.6 Å². The third-order valence-electron chi connectivity index (χ3n) is 2.62. The van der Waals surface area contributed by atoms with Gasteiger partial charge < -0.3 is 10.6 Å². The Bertz CT molecular complexity index is 528. The molecule has 0 atom stereocenters. The number of aliphatic imine (C=N–C) groups is 1. The maximum atomic E-state index is 4.41. The minimum Gasteiger partial charge on any atom is -0.359 e. The highest BCUT2D eigenvalue weighted by Gasteiger charge is 2.01. The van der Waals surface area contributed by atoms with Gasteiger partial charge in [0.25, 0.3) is 0 Å². The number of para-hydroxylation sites is 1. The van der Waals surface area contributed by atoms with E-state index < -0.39 is 0 Å². The summed E-state index contributed by atoms with van der Waals surface area (Å²) < 4.78 is 0. The summed E-state index contributed by atoms with van der Waals surface area (Å²) in [6, 6.07) is 10.2. The zero-order valence-corrected chi connectivity index (χ0v) is 10.1. The standard InChI is InChI=1S/C13H16N4/c1-14-13(15-2)17-9-11-6-3-5-10-7-4-8-16-12(10)11/h3-8H,9H2,1-2H3,(H2,14,15,17). The number of benzene rings is 1. The summed E-state index contributed by atoms with van der Waals surface area (Å²) in [6.07, 6.45) is 1.82. The average molecular weight is 228 g/mol. The number of fused-ring (bicyclic) bond motifs is 1. The highest BCUT2D eigenvalue weighted by molar-refractivity contribution is 5.83. The van der Waals surface area contributed by atoms with E-state index in [2.05, 4.69) is 38.8 Å². The van der Waals surface area contributed by atoms with Crippen molar-refractivity contribution < 1.29 is 0 Å². The van der Waals surface area contributed by atoms with Crippen molar-refractivity contribution in [1.82, 2.24) is 15.6 Å². The first-order valence-electron chi connectivity index (χ1n) is 5.56. The first kappa shape index (κ1) is 11.4. The summed E-state index contributed by atoms with van der Waals surface area (Å²) in [5.74, 6) is 0.776. The number of pyridine rings is 1. The van der Waals surface area contributed by atoms with Crippen LogP contribution in [0.5, 0.6) is 0 Å². The number of rotatable bonds is 2. The topological polar surface area (TPSA) is 49.3 Å². The Kier molecular flexibility index (Phi) is 3.55. The molecule has 0 unspecified atom stereocenters. The van der Waals surface area contributed by atoms with Crippen molar-refractivity contribution in [1.29, 1.82) is 0 Å². The van der Waals surface area contributed by atoms with Gasteiger partial charge in [-0.2, -0.15) is 0 Å². The molecule has 4 nitrogen and oxygen atoms in total. The van der Waals surface area contributed by atoms with Gasteiger partial charge in [-0.25, -0.2) is 0 Å². The predicted octanol–water partition coefficient (Wildman–Crippen LogP) is 1.53. The SMILES string of the molecule is CN=C(NC)NCc1cccc2cccnc12. The van der Waals surface area contributed by atoms with Crippen LogP contribution in [0.4, 0.5) is 0 Å². The second-order valence-electron chi connectivity index (χ2n) is 3.67. The summed E-state index contributed by atoms with van der Waals surface area (Å²) in [4.78, 5) is 8.49. The molecule has 0 aliphatic heterocycles. The van der Waals surface area contributed by atoms with Crippen molar-refractivity contribution in [2.75, 3.05) is 14.1 Å². The largest absolute Gasteiger partial charge is 0.359 e. The number of nitrogens with zero attached hydrogens (tertiary/aromatic N) is 2. The molecule has 4 heteroatoms. The van der Waals surface area contributed by atoms with Crippen molar-refractivity contribution in [3.05, 3.63) is 42.1 Å². The van der Waals surface area contributed by atoms with Gasteiger partial charge >= 0.3 is 0 Å². The van der Waals surface area contributed by atoms with Crippen LogP contribution in [0.15, 0.2) is 41.5 Å². The van der Waals surface area contributed by atoms with E-state index in [0.717, 1.165) is 16.9 Å². The van der Waals surface area contributed by atoms with Crippen LogP contribution in [0.2, 0.25) is 0 Å². The zero-order chi connectivity index (χ0) is 12.1. The summed E-state index contributed by atoms with van der Waals surface area (Å²) in [7, 11) is 3.59. The fourth-order valence-electron chi connectivity index (χ4n) is 1.77. The molecule has 1 aromatic carbocycles. The van der Waals surface area contributed by atoms with Gasteiger partial charge in [0.2, 0.25) is 0 Å². The fourth-order valence-corrected chi connectivity index (χ4v) is 1.77. The first-order chi connectivity index (χ1) is 8.35. The minimum absolute atomic E-state index is 0.710. The number of aromatic nitrogens is 1. The average Bonchev–Trinajstić information content (AvgIpc) is 2.40. The lowest BCUT2D eigenvalue weighted by Crippen LogP contribution is -2.34. The third-order valence-corrected chi connectivity index (χ3v) is 2.62. The smallest absolute Gasteiger partial charge is 0.190 e. The van der Waals surface area contributed by atoms with Crippen LogP contribution in [0, 0.1) is 0 Å². The van der Waals surface area contributed by atoms with E-state index >= 15 is 0 Å². The number of nitrogens with one attached hydrogen (secondary N) is 2. The summed E-state index contributed by atoms with van der Waals surface area (Å²) in [6.45, 7) is 0.710. The molecule has 0 amide bonds. The minimum atomic E-state index is 0.710. The number of hydrogen-bond donors (Lipinski definition) is 2. The van der Waals surface area contributed by atoms with E-state index in [-0.39, 0.29) is 0 Å². The lowest BCUT2D eigenvalue weighted by atomic mass is 10.1. The zero-order valence-electron chi connectivity index (χ0n) is 10.1. The molecule has 0 bridgehead atoms. The summed E-state index contributed by atoms with van der Waals surface area (Å²) in [5.41, 5.74) is 2.20. The normalized spacial score (nSPS) is 11.5. The molecule has 0 aliphatic rings. The molecule has 17 heavy (non-hydrogen) atoms. The lowest BCUT2D eigenvalue weighted by Gasteiger charge is -2.09. The van der Waals surface area contributed by atoms with Crippen molar-refractivity contribution in [2.45, 2.75) is 6.54 Å². The fraction of sp³-hybridized carbons (Fsp3) is 0.231. The second kappa shape index (κ2) is 5.30. The molecule has 0 aliphatic carbocycles. The Morgan fingerprint density at radius 1 is 1.29 bits per heavy atom. The van der Waals surface area contributed by atoms with E-state index in [1.165, 1.54) is 5.56 Å². The van der Waals surface area contributed by atoms with E-state index in [4.69, 9.17) is 0 Å². The molecule has 1 aromatic heterocycles. The predicted molar refractivity (Wildman–Crippen MR) is 71.0 cm³/mol. The van der Waals surface area contributed by atoms with Crippen LogP contribution >= 0.6 is 0 Å². The molecule has 2 rings (SSSR count). The Balaban J connectivity index is 2.24. The monoisotopic (exact) mass is 228 g/mol. The highest BCUT2D eigenvalue weighted by atomic mass is 15.1. The van der Waals surface area contributed by atoms with Gasteiger partial charge in [0, 0.05) is 32.2 Å². The molecule has 1 heterocycles. The van der Waals surface area contributed by atoms with Gasteiger partial charge in [0.1, 0.15) is 0 Å². The molecule has 88 valence electrons. The molecular weight excluding hydrogens is 212 g/mol. The molecule has 0 spiro atoms.